The summed E-state index contributed by atoms with van der Waals surface area (Å²) in [4.78, 5) is 70.9. The Hall–Kier alpha value is -6.29. The van der Waals surface area contributed by atoms with Crippen molar-refractivity contribution < 1.29 is 49.1 Å². The second-order valence-corrected chi connectivity index (χ2v) is 26.5. The number of nitrogens with one attached hydrogen (secondary N) is 1. The van der Waals surface area contributed by atoms with E-state index in [0.29, 0.717) is 51.2 Å². The Morgan fingerprint density at radius 2 is 0.884 bits per heavy atom. The summed E-state index contributed by atoms with van der Waals surface area (Å²) >= 11 is 0. The standard InChI is InChI=1S/C25H38N2O4.C25H36N2O4.C20H30N2O2.H2/c2*1-7-16-30-23-20(10-11-22-21(23)9-8-17(2)27(22)18(3)28)19-12-14-26(15-13-19)24(29)31-25(4,5)6;1-4-13-24-20-17(16-9-11-21-12-10-16)7-8-19-18(20)6-5-14(2)22(19)15(3)23;/h10-11,17,19H,7-9,12-16H2,1-6H3;10-12,17H,7-9,13-16H2,1-6H3;7-8,14,16,21H,4-6,9-13H2,1-3H3;1H/t2*17-;14-;/m000./s1. The minimum absolute atomic E-state index is 0. The van der Waals surface area contributed by atoms with E-state index in [-0.39, 0.29) is 49.5 Å². The van der Waals surface area contributed by atoms with Crippen LogP contribution in [0.1, 0.15) is 221 Å². The maximum atomic E-state index is 12.4. The fourth-order valence-corrected chi connectivity index (χ4v) is 13.1. The SMILES string of the molecule is CCCOc1c(C2=CCN(C(=O)OC(C)(C)C)CC2)ccc2c1CC[C@H](C)N2C(C)=O.CCCOc1c(C2CCN(C(=O)OC(C)(C)C)CC2)ccc2c1CC[C@H](C)N2C(C)=O.CCCOc1c(C2CCNCC2)ccc2c1CC[C@H](C)N2C(C)=O.[HH]. The number of likely N-dealkylation sites (tertiary alicyclic amines) is 1. The molecule has 5 amide bonds. The lowest BCUT2D eigenvalue weighted by atomic mass is 9.85. The molecule has 6 aliphatic rings. The molecule has 16 heteroatoms. The Labute approximate surface area is 516 Å². The van der Waals surface area contributed by atoms with Gasteiger partial charge in [0.05, 0.1) is 36.9 Å². The summed E-state index contributed by atoms with van der Waals surface area (Å²) in [5, 5.41) is 3.44. The number of piperidine rings is 2. The van der Waals surface area contributed by atoms with Gasteiger partial charge in [-0.2, -0.15) is 0 Å². The summed E-state index contributed by atoms with van der Waals surface area (Å²) in [5.74, 6) is 4.09. The lowest BCUT2D eigenvalue weighted by Crippen LogP contribution is -2.42. The first kappa shape index (κ1) is 67.2. The highest BCUT2D eigenvalue weighted by molar-refractivity contribution is 5.96. The molecule has 3 aromatic carbocycles. The first-order valence-electron chi connectivity index (χ1n) is 32.5. The van der Waals surface area contributed by atoms with E-state index < -0.39 is 11.2 Å². The molecule has 0 radical (unpaired) electrons. The minimum Gasteiger partial charge on any atom is -0.493 e. The van der Waals surface area contributed by atoms with Crippen molar-refractivity contribution in [1.82, 2.24) is 15.1 Å². The van der Waals surface area contributed by atoms with Crippen LogP contribution >= 0.6 is 0 Å². The molecule has 6 heterocycles. The van der Waals surface area contributed by atoms with E-state index in [2.05, 4.69) is 89.3 Å². The Morgan fingerprint density at radius 3 is 1.27 bits per heavy atom. The van der Waals surface area contributed by atoms with Gasteiger partial charge in [-0.3, -0.25) is 14.4 Å². The molecule has 0 spiro atoms. The van der Waals surface area contributed by atoms with Gasteiger partial charge in [-0.05, 0) is 218 Å². The Bertz CT molecular complexity index is 2880. The van der Waals surface area contributed by atoms with Crippen molar-refractivity contribution in [3.63, 3.8) is 0 Å². The van der Waals surface area contributed by atoms with E-state index in [1.165, 1.54) is 22.3 Å². The third-order valence-electron chi connectivity index (χ3n) is 17.2. The van der Waals surface area contributed by atoms with Crippen LogP contribution < -0.4 is 34.2 Å². The molecular weight excluding hydrogens is 1080 g/mol. The average Bonchev–Trinajstić information content (AvgIpc) is 0.895. The predicted octanol–water partition coefficient (Wildman–Crippen LogP) is 14.3. The molecule has 86 heavy (non-hydrogen) atoms. The second-order valence-electron chi connectivity index (χ2n) is 26.5. The maximum absolute atomic E-state index is 12.4. The van der Waals surface area contributed by atoms with Crippen molar-refractivity contribution in [2.45, 2.75) is 235 Å². The number of hydrogen-bond acceptors (Lipinski definition) is 11. The van der Waals surface area contributed by atoms with Crippen molar-refractivity contribution in [2.75, 3.05) is 73.8 Å². The maximum Gasteiger partial charge on any atom is 0.410 e. The molecule has 0 unspecified atom stereocenters. The molecular formula is C70H106N6O10. The third kappa shape index (κ3) is 16.7. The van der Waals surface area contributed by atoms with Crippen LogP contribution in [0, 0.1) is 0 Å². The fourth-order valence-electron chi connectivity index (χ4n) is 13.1. The van der Waals surface area contributed by atoms with E-state index >= 15 is 0 Å². The molecule has 0 aliphatic carbocycles. The lowest BCUT2D eigenvalue weighted by Gasteiger charge is -2.38. The minimum atomic E-state index is -0.500. The highest BCUT2D eigenvalue weighted by Crippen LogP contribution is 2.47. The zero-order chi connectivity index (χ0) is 62.6. The summed E-state index contributed by atoms with van der Waals surface area (Å²) in [6.45, 7) is 35.6. The number of anilines is 3. The number of amides is 5. The first-order valence-corrected chi connectivity index (χ1v) is 32.5. The Morgan fingerprint density at radius 1 is 0.500 bits per heavy atom. The van der Waals surface area contributed by atoms with Crippen molar-refractivity contribution in [3.05, 3.63) is 75.9 Å². The highest BCUT2D eigenvalue weighted by Gasteiger charge is 2.36. The normalized spacial score (nSPS) is 19.9. The third-order valence-corrected chi connectivity index (χ3v) is 17.2. The number of carbonyl (C=O) groups excluding carboxylic acids is 5. The summed E-state index contributed by atoms with van der Waals surface area (Å²) < 4.78 is 29.8. The number of benzene rings is 3. The van der Waals surface area contributed by atoms with Gasteiger partial charge >= 0.3 is 12.2 Å². The zero-order valence-corrected chi connectivity index (χ0v) is 55.0. The fraction of sp³-hybridized carbons (Fsp3) is 0.643. The van der Waals surface area contributed by atoms with Crippen LogP contribution in [-0.2, 0) is 43.1 Å². The molecule has 3 aromatic rings. The van der Waals surface area contributed by atoms with Gasteiger partial charge in [-0.25, -0.2) is 9.59 Å². The van der Waals surface area contributed by atoms with Gasteiger partial charge in [0.25, 0.3) is 0 Å². The number of ether oxygens (including phenoxy) is 5. The molecule has 1 N–H and O–H groups in total. The van der Waals surface area contributed by atoms with Crippen LogP contribution in [0.2, 0.25) is 0 Å². The lowest BCUT2D eigenvalue weighted by molar-refractivity contribution is -0.117. The zero-order valence-electron chi connectivity index (χ0n) is 55.0. The summed E-state index contributed by atoms with van der Waals surface area (Å²) in [7, 11) is 0. The summed E-state index contributed by atoms with van der Waals surface area (Å²) in [6, 6.07) is 13.4. The van der Waals surface area contributed by atoms with E-state index in [1.807, 2.05) is 61.1 Å². The van der Waals surface area contributed by atoms with Gasteiger partial charge in [-0.15, -0.1) is 0 Å². The van der Waals surface area contributed by atoms with E-state index in [9.17, 15) is 24.0 Å². The predicted molar refractivity (Wildman–Crippen MR) is 347 cm³/mol. The molecule has 3 atom stereocenters. The number of rotatable bonds is 12. The van der Waals surface area contributed by atoms with Crippen molar-refractivity contribution in [2.24, 2.45) is 0 Å². The molecule has 9 rings (SSSR count). The molecule has 2 fully saturated rings. The molecule has 0 saturated carbocycles. The van der Waals surface area contributed by atoms with Gasteiger partial charge < -0.3 is 53.5 Å². The van der Waals surface area contributed by atoms with Crippen LogP contribution in [0.15, 0.2) is 42.5 Å². The van der Waals surface area contributed by atoms with Crippen LogP contribution in [0.4, 0.5) is 26.7 Å². The average molecular weight is 1190 g/mol. The molecule has 6 aliphatic heterocycles. The number of fused-ring (bicyclic) bond motifs is 3. The number of carbonyl (C=O) groups is 5. The first-order chi connectivity index (χ1) is 40.9. The monoisotopic (exact) mass is 1190 g/mol. The second kappa shape index (κ2) is 30.1. The highest BCUT2D eigenvalue weighted by atomic mass is 16.6. The molecule has 0 aromatic heterocycles. The van der Waals surface area contributed by atoms with E-state index in [0.717, 1.165) is 161 Å². The Kier molecular flexibility index (Phi) is 23.5. The van der Waals surface area contributed by atoms with Gasteiger partial charge in [0.15, 0.2) is 0 Å². The van der Waals surface area contributed by atoms with E-state index in [4.69, 9.17) is 23.7 Å². The quantitative estimate of drug-likeness (QED) is 0.184. The number of hydrogen-bond donors (Lipinski definition) is 1. The van der Waals surface area contributed by atoms with Crippen molar-refractivity contribution in [1.29, 1.82) is 0 Å². The smallest absolute Gasteiger partial charge is 0.410 e. The van der Waals surface area contributed by atoms with Crippen LogP contribution in [0.25, 0.3) is 5.57 Å². The largest absolute Gasteiger partial charge is 0.493 e. The summed E-state index contributed by atoms with van der Waals surface area (Å²) in [5.41, 5.74) is 10.4. The van der Waals surface area contributed by atoms with E-state index in [1.54, 1.807) is 25.7 Å². The van der Waals surface area contributed by atoms with Crippen LogP contribution in [0.3, 0.4) is 0 Å². The summed E-state index contributed by atoms with van der Waals surface area (Å²) in [6.07, 6.45) is 15.0. The van der Waals surface area contributed by atoms with Crippen LogP contribution in [-0.4, -0.2) is 128 Å². The van der Waals surface area contributed by atoms with Crippen molar-refractivity contribution in [3.8, 4) is 17.2 Å². The van der Waals surface area contributed by atoms with Crippen LogP contribution in [0.5, 0.6) is 17.2 Å². The van der Waals surface area contributed by atoms with Gasteiger partial charge in [-0.1, -0.05) is 39.0 Å². The number of nitrogens with zero attached hydrogens (tertiary/aromatic N) is 5. The molecule has 0 bridgehead atoms. The Balaban J connectivity index is 0.000000209. The van der Waals surface area contributed by atoms with Crippen molar-refractivity contribution >= 4 is 52.5 Å². The van der Waals surface area contributed by atoms with Gasteiger partial charge in [0, 0.05) is 88.8 Å². The van der Waals surface area contributed by atoms with Gasteiger partial charge in [0.1, 0.15) is 28.5 Å². The molecule has 2 saturated heterocycles. The molecule has 16 nitrogen and oxygen atoms in total. The topological polar surface area (TPSA) is 160 Å². The molecule has 476 valence electrons. The van der Waals surface area contributed by atoms with Gasteiger partial charge in [0.2, 0.25) is 17.7 Å².